The fourth-order valence-electron chi connectivity index (χ4n) is 1.60. The zero-order valence-electron chi connectivity index (χ0n) is 8.46. The van der Waals surface area contributed by atoms with Gasteiger partial charge in [0, 0.05) is 5.92 Å². The van der Waals surface area contributed by atoms with Crippen LogP contribution in [0.4, 0.5) is 0 Å². The normalized spacial score (nSPS) is 15.0. The van der Waals surface area contributed by atoms with Crippen LogP contribution in [0.25, 0.3) is 0 Å². The summed E-state index contributed by atoms with van der Waals surface area (Å²) in [4.78, 5) is 21.3. The number of nitrogens with zero attached hydrogens (tertiary/aromatic N) is 3. The molecule has 1 aliphatic carbocycles. The Morgan fingerprint density at radius 3 is 2.56 bits per heavy atom. The van der Waals surface area contributed by atoms with Crippen molar-refractivity contribution < 1.29 is 19.8 Å². The quantitative estimate of drug-likeness (QED) is 0.747. The highest BCUT2D eigenvalue weighted by molar-refractivity contribution is 5.86. The summed E-state index contributed by atoms with van der Waals surface area (Å²) in [5.41, 5.74) is 0.515. The summed E-state index contributed by atoms with van der Waals surface area (Å²) < 4.78 is 1.40. The van der Waals surface area contributed by atoms with Crippen LogP contribution in [-0.2, 0) is 11.3 Å². The first-order valence-electron chi connectivity index (χ1n) is 4.98. The third kappa shape index (κ3) is 2.02. The first-order chi connectivity index (χ1) is 7.59. The zero-order valence-corrected chi connectivity index (χ0v) is 8.46. The van der Waals surface area contributed by atoms with E-state index in [9.17, 15) is 9.59 Å². The summed E-state index contributed by atoms with van der Waals surface area (Å²) >= 11 is 0. The van der Waals surface area contributed by atoms with Gasteiger partial charge in [-0.15, -0.1) is 5.10 Å². The average molecular weight is 225 g/mol. The zero-order chi connectivity index (χ0) is 11.7. The van der Waals surface area contributed by atoms with Gasteiger partial charge in [0.05, 0.1) is 18.7 Å². The predicted octanol–water partition coefficient (Wildman–Crippen LogP) is 0.328. The molecule has 0 aliphatic heterocycles. The molecule has 1 heterocycles. The van der Waals surface area contributed by atoms with Gasteiger partial charge in [0.2, 0.25) is 0 Å². The van der Waals surface area contributed by atoms with Crippen LogP contribution < -0.4 is 0 Å². The Bertz CT molecular complexity index is 436. The van der Waals surface area contributed by atoms with E-state index in [4.69, 9.17) is 10.2 Å². The minimum atomic E-state index is -1.11. The van der Waals surface area contributed by atoms with E-state index in [1.807, 2.05) is 0 Å². The molecule has 0 saturated heterocycles. The topological polar surface area (TPSA) is 105 Å². The number of aryl methyl sites for hydroxylation is 1. The fourth-order valence-corrected chi connectivity index (χ4v) is 1.60. The molecule has 2 N–H and O–H groups in total. The second kappa shape index (κ2) is 3.92. The smallest absolute Gasteiger partial charge is 0.358 e. The lowest BCUT2D eigenvalue weighted by atomic mass is 10.2. The Morgan fingerprint density at radius 2 is 2.06 bits per heavy atom. The summed E-state index contributed by atoms with van der Waals surface area (Å²) in [6, 6.07) is 0. The highest BCUT2D eigenvalue weighted by Crippen LogP contribution is 2.41. The maximum atomic E-state index is 10.9. The first-order valence-corrected chi connectivity index (χ1v) is 4.98. The van der Waals surface area contributed by atoms with E-state index in [2.05, 4.69) is 10.3 Å². The molecule has 0 spiro atoms. The number of aromatic carboxylic acids is 1. The lowest BCUT2D eigenvalue weighted by Crippen LogP contribution is -2.10. The van der Waals surface area contributed by atoms with Gasteiger partial charge in [-0.1, -0.05) is 5.21 Å². The molecule has 86 valence electrons. The van der Waals surface area contributed by atoms with E-state index >= 15 is 0 Å². The molecular weight excluding hydrogens is 214 g/mol. The van der Waals surface area contributed by atoms with Crippen molar-refractivity contribution in [2.24, 2.45) is 0 Å². The minimum Gasteiger partial charge on any atom is -0.481 e. The number of hydrogen-bond acceptors (Lipinski definition) is 4. The Hall–Kier alpha value is -1.92. The summed E-state index contributed by atoms with van der Waals surface area (Å²) in [6.07, 6.45) is 1.75. The molecule has 1 aromatic heterocycles. The molecule has 1 aliphatic rings. The van der Waals surface area contributed by atoms with E-state index in [-0.39, 0.29) is 24.6 Å². The molecule has 1 saturated carbocycles. The van der Waals surface area contributed by atoms with E-state index in [1.165, 1.54) is 4.68 Å². The van der Waals surface area contributed by atoms with Gasteiger partial charge in [-0.2, -0.15) is 0 Å². The highest BCUT2D eigenvalue weighted by Gasteiger charge is 2.33. The lowest BCUT2D eigenvalue weighted by molar-refractivity contribution is -0.137. The number of aromatic nitrogens is 3. The van der Waals surface area contributed by atoms with Crippen LogP contribution in [0, 0.1) is 0 Å². The molecule has 0 amide bonds. The molecule has 0 atom stereocenters. The van der Waals surface area contributed by atoms with Gasteiger partial charge in [-0.05, 0) is 12.8 Å². The maximum Gasteiger partial charge on any atom is 0.358 e. The van der Waals surface area contributed by atoms with E-state index < -0.39 is 11.9 Å². The SMILES string of the molecule is O=C(O)CCn1nnc(C(=O)O)c1C1CC1. The monoisotopic (exact) mass is 225 g/mol. The standard InChI is InChI=1S/C9H11N3O4/c13-6(14)3-4-12-8(5-1-2-5)7(9(15)16)10-11-12/h5H,1-4H2,(H,13,14)(H,15,16). The molecular formula is C9H11N3O4. The Kier molecular flexibility index (Phi) is 2.59. The minimum absolute atomic E-state index is 0.0483. The summed E-state index contributed by atoms with van der Waals surface area (Å²) in [5, 5.41) is 24.7. The first kappa shape index (κ1) is 10.6. The van der Waals surface area contributed by atoms with Crippen LogP contribution in [0.2, 0.25) is 0 Å². The fraction of sp³-hybridized carbons (Fsp3) is 0.556. The van der Waals surface area contributed by atoms with Crippen molar-refractivity contribution in [1.82, 2.24) is 15.0 Å². The van der Waals surface area contributed by atoms with Crippen molar-refractivity contribution in [3.8, 4) is 0 Å². The number of carbonyl (C=O) groups is 2. The number of rotatable bonds is 5. The van der Waals surface area contributed by atoms with Crippen LogP contribution in [0.5, 0.6) is 0 Å². The molecule has 0 unspecified atom stereocenters. The van der Waals surface area contributed by atoms with Crippen LogP contribution >= 0.6 is 0 Å². The van der Waals surface area contributed by atoms with Crippen molar-refractivity contribution in [2.45, 2.75) is 31.7 Å². The van der Waals surface area contributed by atoms with Gasteiger partial charge in [0.15, 0.2) is 5.69 Å². The molecule has 2 rings (SSSR count). The van der Waals surface area contributed by atoms with E-state index in [1.54, 1.807) is 0 Å². The molecule has 1 fully saturated rings. The summed E-state index contributed by atoms with van der Waals surface area (Å²) in [6.45, 7) is 0.168. The molecule has 0 aromatic carbocycles. The largest absolute Gasteiger partial charge is 0.481 e. The van der Waals surface area contributed by atoms with E-state index in [0.717, 1.165) is 12.8 Å². The molecule has 0 bridgehead atoms. The molecule has 7 heteroatoms. The van der Waals surface area contributed by atoms with Gasteiger partial charge in [0.1, 0.15) is 0 Å². The highest BCUT2D eigenvalue weighted by atomic mass is 16.4. The number of hydrogen-bond donors (Lipinski definition) is 2. The average Bonchev–Trinajstić information content (AvgIpc) is 2.95. The van der Waals surface area contributed by atoms with Gasteiger partial charge in [-0.3, -0.25) is 4.79 Å². The van der Waals surface area contributed by atoms with Crippen LogP contribution in [0.3, 0.4) is 0 Å². The van der Waals surface area contributed by atoms with Crippen LogP contribution in [-0.4, -0.2) is 37.1 Å². The maximum absolute atomic E-state index is 10.9. The van der Waals surface area contributed by atoms with Crippen molar-refractivity contribution >= 4 is 11.9 Å². The predicted molar refractivity (Wildman–Crippen MR) is 51.2 cm³/mol. The Balaban J connectivity index is 2.23. The Labute approximate surface area is 90.7 Å². The van der Waals surface area contributed by atoms with Gasteiger partial charge >= 0.3 is 11.9 Å². The number of aliphatic carboxylic acids is 1. The van der Waals surface area contributed by atoms with Crippen molar-refractivity contribution in [3.63, 3.8) is 0 Å². The summed E-state index contributed by atoms with van der Waals surface area (Å²) in [7, 11) is 0. The lowest BCUT2D eigenvalue weighted by Gasteiger charge is -2.03. The molecule has 0 radical (unpaired) electrons. The van der Waals surface area contributed by atoms with Crippen molar-refractivity contribution in [2.75, 3.05) is 0 Å². The molecule has 1 aromatic rings. The van der Waals surface area contributed by atoms with Crippen LogP contribution in [0.1, 0.15) is 41.4 Å². The van der Waals surface area contributed by atoms with Gasteiger partial charge in [-0.25, -0.2) is 9.48 Å². The third-order valence-corrected chi connectivity index (χ3v) is 2.48. The van der Waals surface area contributed by atoms with Crippen molar-refractivity contribution in [3.05, 3.63) is 11.4 Å². The third-order valence-electron chi connectivity index (χ3n) is 2.48. The number of carboxylic acid groups (broad SMARTS) is 2. The van der Waals surface area contributed by atoms with Crippen LogP contribution in [0.15, 0.2) is 0 Å². The van der Waals surface area contributed by atoms with Gasteiger partial charge in [0.25, 0.3) is 0 Å². The van der Waals surface area contributed by atoms with Gasteiger partial charge < -0.3 is 10.2 Å². The second-order valence-electron chi connectivity index (χ2n) is 3.77. The molecule has 7 nitrogen and oxygen atoms in total. The van der Waals surface area contributed by atoms with E-state index in [0.29, 0.717) is 5.69 Å². The second-order valence-corrected chi connectivity index (χ2v) is 3.77. The number of carboxylic acids is 2. The Morgan fingerprint density at radius 1 is 1.38 bits per heavy atom. The summed E-state index contributed by atoms with van der Waals surface area (Å²) in [5.74, 6) is -1.87. The van der Waals surface area contributed by atoms with Crippen molar-refractivity contribution in [1.29, 1.82) is 0 Å². The molecule has 16 heavy (non-hydrogen) atoms.